The molecule has 0 saturated carbocycles. The summed E-state index contributed by atoms with van der Waals surface area (Å²) in [6, 6.07) is 0. The van der Waals surface area contributed by atoms with Gasteiger partial charge in [0.25, 0.3) is 0 Å². The van der Waals surface area contributed by atoms with Crippen molar-refractivity contribution in [1.29, 1.82) is 0 Å². The Labute approximate surface area is 49.6 Å². The van der Waals surface area contributed by atoms with Gasteiger partial charge in [0.2, 0.25) is 0 Å². The monoisotopic (exact) mass is 123 g/mol. The van der Waals surface area contributed by atoms with Crippen LogP contribution in [0.5, 0.6) is 0 Å². The Morgan fingerprint density at radius 1 is 1.29 bits per heavy atom. The Hall–Kier alpha value is 0.230. The summed E-state index contributed by atoms with van der Waals surface area (Å²) in [6.45, 7) is 0.767. The summed E-state index contributed by atoms with van der Waals surface area (Å²) in [5, 5.41) is 0. The largest absolute Gasteiger partial charge is 0.330 e. The van der Waals surface area contributed by atoms with Crippen molar-refractivity contribution < 1.29 is 0 Å². The van der Waals surface area contributed by atoms with E-state index in [1.807, 2.05) is 0 Å². The average molecular weight is 123 g/mol. The Morgan fingerprint density at radius 2 is 1.71 bits per heavy atom. The van der Waals surface area contributed by atoms with Gasteiger partial charge in [0.1, 0.15) is 0 Å². The fraction of sp³-hybridized carbons (Fsp3) is 1.00. The highest BCUT2D eigenvalue weighted by atomic mass is 32.1. The average Bonchev–Trinajstić information content (AvgIpc) is 1.75. The van der Waals surface area contributed by atoms with Crippen molar-refractivity contribution in [3.8, 4) is 0 Å². The zero-order valence-corrected chi connectivity index (χ0v) is 5.20. The highest BCUT2D eigenvalue weighted by Gasteiger charge is 1.68. The van der Waals surface area contributed by atoms with Gasteiger partial charge in [-0.3, -0.25) is 11.7 Å². The number of hydrazine groups is 1. The molecule has 0 radical (unpaired) electrons. The first-order valence-electron chi connectivity index (χ1n) is 2.06. The molecular weight excluding hydrogens is 110 g/mol. The molecular formula is C3H13N3S. The van der Waals surface area contributed by atoms with Crippen LogP contribution in [0.15, 0.2) is 0 Å². The zero-order chi connectivity index (χ0) is 6.12. The molecule has 0 aliphatic carbocycles. The van der Waals surface area contributed by atoms with Crippen LogP contribution in [0.3, 0.4) is 0 Å². The molecule has 0 atom stereocenters. The number of hydrogen-bond acceptors (Lipinski definition) is 4. The molecule has 0 bridgehead atoms. The lowest BCUT2D eigenvalue weighted by atomic mass is 10.5. The van der Waals surface area contributed by atoms with Gasteiger partial charge in [-0.05, 0) is 18.7 Å². The van der Waals surface area contributed by atoms with Crippen molar-refractivity contribution >= 4 is 12.6 Å². The summed E-state index contributed by atoms with van der Waals surface area (Å²) in [4.78, 5) is 0. The molecule has 6 N–H and O–H groups in total. The third-order valence-corrected chi connectivity index (χ3v) is 0.678. The summed E-state index contributed by atoms with van der Waals surface area (Å²) in [6.07, 6.45) is 1.03. The van der Waals surface area contributed by atoms with Crippen LogP contribution in [-0.4, -0.2) is 12.3 Å². The van der Waals surface area contributed by atoms with Crippen molar-refractivity contribution in [2.45, 2.75) is 6.42 Å². The second-order valence-electron chi connectivity index (χ2n) is 0.866. The maximum atomic E-state index is 5.09. The quantitative estimate of drug-likeness (QED) is 0.218. The van der Waals surface area contributed by atoms with Crippen LogP contribution in [0.2, 0.25) is 0 Å². The molecule has 0 aromatic heterocycles. The van der Waals surface area contributed by atoms with E-state index in [4.69, 9.17) is 5.73 Å². The number of thiol groups is 1. The van der Waals surface area contributed by atoms with Crippen LogP contribution in [0.25, 0.3) is 0 Å². The van der Waals surface area contributed by atoms with Crippen LogP contribution in [0, 0.1) is 0 Å². The van der Waals surface area contributed by atoms with Crippen molar-refractivity contribution in [3.63, 3.8) is 0 Å². The van der Waals surface area contributed by atoms with E-state index in [9.17, 15) is 0 Å². The first-order chi connectivity index (χ1) is 3.41. The van der Waals surface area contributed by atoms with E-state index in [0.717, 1.165) is 18.7 Å². The SMILES string of the molecule is NCCCS.NN. The summed E-state index contributed by atoms with van der Waals surface area (Å²) in [5.74, 6) is 8.91. The fourth-order valence-corrected chi connectivity index (χ4v) is 0.274. The van der Waals surface area contributed by atoms with Gasteiger partial charge < -0.3 is 5.73 Å². The van der Waals surface area contributed by atoms with Gasteiger partial charge >= 0.3 is 0 Å². The Morgan fingerprint density at radius 3 is 1.71 bits per heavy atom. The predicted octanol–water partition coefficient (Wildman–Crippen LogP) is -0.916. The van der Waals surface area contributed by atoms with Gasteiger partial charge in [0.15, 0.2) is 0 Å². The number of hydrogen-bond donors (Lipinski definition) is 4. The fourth-order valence-electron chi connectivity index (χ4n) is 0.0913. The smallest absolute Gasteiger partial charge is 0.00695 e. The molecule has 0 aromatic rings. The van der Waals surface area contributed by atoms with Crippen molar-refractivity contribution in [3.05, 3.63) is 0 Å². The standard InChI is InChI=1S/C3H9NS.H4N2/c4-2-1-3-5;1-2/h5H,1-4H2;1-2H2. The van der Waals surface area contributed by atoms with Crippen molar-refractivity contribution in [1.82, 2.24) is 0 Å². The van der Waals surface area contributed by atoms with Crippen molar-refractivity contribution in [2.24, 2.45) is 17.4 Å². The Kier molecular flexibility index (Phi) is 23.9. The molecule has 0 spiro atoms. The van der Waals surface area contributed by atoms with E-state index in [-0.39, 0.29) is 0 Å². The van der Waals surface area contributed by atoms with E-state index >= 15 is 0 Å². The van der Waals surface area contributed by atoms with Crippen LogP contribution in [0.1, 0.15) is 6.42 Å². The molecule has 0 aliphatic rings. The molecule has 7 heavy (non-hydrogen) atoms. The third kappa shape index (κ3) is 22.4. The maximum absolute atomic E-state index is 5.09. The molecule has 0 rings (SSSR count). The molecule has 0 unspecified atom stereocenters. The lowest BCUT2D eigenvalue weighted by Gasteiger charge is -1.79. The second kappa shape index (κ2) is 16.3. The first kappa shape index (κ1) is 10.3. The Balaban J connectivity index is 0. The van der Waals surface area contributed by atoms with Crippen LogP contribution in [-0.2, 0) is 0 Å². The lowest BCUT2D eigenvalue weighted by Crippen LogP contribution is -2.02. The van der Waals surface area contributed by atoms with E-state index in [2.05, 4.69) is 24.3 Å². The van der Waals surface area contributed by atoms with Gasteiger partial charge in [-0.15, -0.1) is 0 Å². The molecule has 4 heteroatoms. The summed E-state index contributed by atoms with van der Waals surface area (Å²) < 4.78 is 0. The van der Waals surface area contributed by atoms with Crippen LogP contribution in [0.4, 0.5) is 0 Å². The molecule has 0 aliphatic heterocycles. The minimum absolute atomic E-state index is 0.767. The van der Waals surface area contributed by atoms with E-state index in [1.54, 1.807) is 0 Å². The number of nitrogens with two attached hydrogens (primary N) is 3. The Bertz CT molecular complexity index is 17.7. The van der Waals surface area contributed by atoms with Crippen molar-refractivity contribution in [2.75, 3.05) is 12.3 Å². The zero-order valence-electron chi connectivity index (χ0n) is 4.30. The minimum atomic E-state index is 0.767. The third-order valence-electron chi connectivity index (χ3n) is 0.362. The van der Waals surface area contributed by atoms with Gasteiger partial charge in [-0.1, -0.05) is 0 Å². The molecule has 0 saturated heterocycles. The van der Waals surface area contributed by atoms with Gasteiger partial charge in [-0.2, -0.15) is 12.6 Å². The summed E-state index contributed by atoms with van der Waals surface area (Å²) >= 11 is 3.92. The molecule has 3 nitrogen and oxygen atoms in total. The van der Waals surface area contributed by atoms with E-state index in [1.165, 1.54) is 0 Å². The normalized spacial score (nSPS) is 6.86. The van der Waals surface area contributed by atoms with E-state index < -0.39 is 0 Å². The molecule has 46 valence electrons. The number of rotatable bonds is 2. The van der Waals surface area contributed by atoms with Gasteiger partial charge in [0.05, 0.1) is 0 Å². The maximum Gasteiger partial charge on any atom is -0.00695 e. The highest BCUT2D eigenvalue weighted by molar-refractivity contribution is 7.80. The molecule has 0 fully saturated rings. The van der Waals surface area contributed by atoms with Crippen LogP contribution < -0.4 is 17.4 Å². The molecule has 0 aromatic carbocycles. The first-order valence-corrected chi connectivity index (χ1v) is 2.69. The lowest BCUT2D eigenvalue weighted by molar-refractivity contribution is 0.946. The summed E-state index contributed by atoms with van der Waals surface area (Å²) in [7, 11) is 0. The molecule has 0 heterocycles. The van der Waals surface area contributed by atoms with E-state index in [0.29, 0.717) is 0 Å². The minimum Gasteiger partial charge on any atom is -0.330 e. The summed E-state index contributed by atoms with van der Waals surface area (Å²) in [5.41, 5.74) is 5.09. The highest BCUT2D eigenvalue weighted by Crippen LogP contribution is 1.74. The van der Waals surface area contributed by atoms with Gasteiger partial charge in [0, 0.05) is 0 Å². The van der Waals surface area contributed by atoms with Crippen LogP contribution >= 0.6 is 12.6 Å². The predicted molar refractivity (Wildman–Crippen MR) is 35.9 cm³/mol. The second-order valence-corrected chi connectivity index (χ2v) is 1.31. The topological polar surface area (TPSA) is 78.1 Å². The van der Waals surface area contributed by atoms with Gasteiger partial charge in [-0.25, -0.2) is 0 Å². The molecule has 0 amide bonds.